The van der Waals surface area contributed by atoms with Crippen LogP contribution in [0.5, 0.6) is 0 Å². The molecule has 2 rings (SSSR count). The number of nitrogens with one attached hydrogen (secondary N) is 1. The molecule has 0 aromatic heterocycles. The summed E-state index contributed by atoms with van der Waals surface area (Å²) < 4.78 is 0. The van der Waals surface area contributed by atoms with Crippen LogP contribution in [-0.4, -0.2) is 22.9 Å². The average Bonchev–Trinajstić information content (AvgIpc) is 2.90. The van der Waals surface area contributed by atoms with Crippen LogP contribution in [0.3, 0.4) is 0 Å². The van der Waals surface area contributed by atoms with Gasteiger partial charge in [-0.2, -0.15) is 0 Å². The summed E-state index contributed by atoms with van der Waals surface area (Å²) in [6.45, 7) is 1.71. The van der Waals surface area contributed by atoms with E-state index < -0.39 is 17.8 Å². The molecule has 2 amide bonds. The molecule has 112 valence electrons. The Bertz CT molecular complexity index is 597. The zero-order chi connectivity index (χ0) is 15.6. The van der Waals surface area contributed by atoms with Crippen LogP contribution in [0.1, 0.15) is 35.2 Å². The summed E-state index contributed by atoms with van der Waals surface area (Å²) in [6.07, 6.45) is 1.45. The molecule has 1 aromatic carbocycles. The van der Waals surface area contributed by atoms with Gasteiger partial charge in [0, 0.05) is 17.2 Å². The number of anilines is 1. The van der Waals surface area contributed by atoms with Gasteiger partial charge in [0.1, 0.15) is 0 Å². The lowest BCUT2D eigenvalue weighted by Gasteiger charge is -2.14. The molecule has 0 radical (unpaired) electrons. The highest BCUT2D eigenvalue weighted by atomic mass is 16.4. The fourth-order valence-corrected chi connectivity index (χ4v) is 2.72. The summed E-state index contributed by atoms with van der Waals surface area (Å²) in [5.74, 6) is -2.35. The molecule has 4 N–H and O–H groups in total. The van der Waals surface area contributed by atoms with Gasteiger partial charge in [-0.1, -0.05) is 6.07 Å². The first-order chi connectivity index (χ1) is 9.90. The third-order valence-electron chi connectivity index (χ3n) is 4.01. The Morgan fingerprint density at radius 1 is 1.24 bits per heavy atom. The Balaban J connectivity index is 2.09. The van der Waals surface area contributed by atoms with E-state index in [-0.39, 0.29) is 11.8 Å². The molecule has 2 atom stereocenters. The maximum atomic E-state index is 12.2. The van der Waals surface area contributed by atoms with Crippen LogP contribution in [0.15, 0.2) is 18.2 Å². The molecule has 0 saturated heterocycles. The molecule has 0 bridgehead atoms. The Labute approximate surface area is 122 Å². The van der Waals surface area contributed by atoms with Gasteiger partial charge >= 0.3 is 5.97 Å². The third kappa shape index (κ3) is 3.21. The van der Waals surface area contributed by atoms with E-state index >= 15 is 0 Å². The second-order valence-electron chi connectivity index (χ2n) is 5.38. The second kappa shape index (κ2) is 5.95. The number of hydrogen-bond donors (Lipinski definition) is 3. The van der Waals surface area contributed by atoms with Crippen LogP contribution < -0.4 is 11.1 Å². The van der Waals surface area contributed by atoms with Gasteiger partial charge in [0.15, 0.2) is 0 Å². The molecule has 6 heteroatoms. The molecule has 6 nitrogen and oxygen atoms in total. The number of hydrogen-bond acceptors (Lipinski definition) is 3. The predicted octanol–water partition coefficient (Wildman–Crippen LogP) is 1.53. The number of primary amides is 1. The monoisotopic (exact) mass is 290 g/mol. The molecule has 1 saturated carbocycles. The van der Waals surface area contributed by atoms with Crippen LogP contribution in [0.25, 0.3) is 0 Å². The number of aliphatic carboxylic acids is 1. The normalized spacial score (nSPS) is 21.0. The molecule has 0 heterocycles. The number of amides is 2. The summed E-state index contributed by atoms with van der Waals surface area (Å²) in [4.78, 5) is 34.4. The number of carbonyl (C=O) groups is 3. The molecular weight excluding hydrogens is 272 g/mol. The van der Waals surface area contributed by atoms with Crippen LogP contribution in [-0.2, 0) is 9.59 Å². The number of carboxylic acid groups (broad SMARTS) is 1. The molecule has 1 aromatic rings. The molecule has 21 heavy (non-hydrogen) atoms. The van der Waals surface area contributed by atoms with Gasteiger partial charge in [0.2, 0.25) is 11.8 Å². The Hall–Kier alpha value is -2.37. The number of carbonyl (C=O) groups excluding carboxylic acids is 2. The number of rotatable bonds is 4. The highest BCUT2D eigenvalue weighted by Crippen LogP contribution is 2.32. The highest BCUT2D eigenvalue weighted by molar-refractivity contribution is 5.99. The van der Waals surface area contributed by atoms with Gasteiger partial charge in [-0.25, -0.2) is 0 Å². The zero-order valence-corrected chi connectivity index (χ0v) is 11.8. The predicted molar refractivity (Wildman–Crippen MR) is 76.8 cm³/mol. The quantitative estimate of drug-likeness (QED) is 0.781. The molecule has 1 fully saturated rings. The van der Waals surface area contributed by atoms with Crippen molar-refractivity contribution in [2.24, 2.45) is 17.6 Å². The molecular formula is C15H18N2O4. The van der Waals surface area contributed by atoms with Crippen molar-refractivity contribution in [1.82, 2.24) is 0 Å². The first-order valence-corrected chi connectivity index (χ1v) is 6.83. The minimum Gasteiger partial charge on any atom is -0.481 e. The summed E-state index contributed by atoms with van der Waals surface area (Å²) >= 11 is 0. The van der Waals surface area contributed by atoms with Crippen molar-refractivity contribution in [2.45, 2.75) is 26.2 Å². The lowest BCUT2D eigenvalue weighted by atomic mass is 10.0. The summed E-state index contributed by atoms with van der Waals surface area (Å²) in [5, 5.41) is 11.7. The molecule has 0 aliphatic heterocycles. The Morgan fingerprint density at radius 3 is 2.48 bits per heavy atom. The van der Waals surface area contributed by atoms with E-state index in [0.717, 1.165) is 0 Å². The largest absolute Gasteiger partial charge is 0.481 e. The van der Waals surface area contributed by atoms with Crippen LogP contribution >= 0.6 is 0 Å². The van der Waals surface area contributed by atoms with Gasteiger partial charge in [-0.05, 0) is 43.9 Å². The number of carboxylic acids is 1. The van der Waals surface area contributed by atoms with Crippen LogP contribution in [0.4, 0.5) is 5.69 Å². The highest BCUT2D eigenvalue weighted by Gasteiger charge is 2.33. The van der Waals surface area contributed by atoms with Crippen molar-refractivity contribution in [1.29, 1.82) is 0 Å². The van der Waals surface area contributed by atoms with Gasteiger partial charge in [-0.3, -0.25) is 14.4 Å². The van der Waals surface area contributed by atoms with Crippen molar-refractivity contribution < 1.29 is 19.5 Å². The number of nitrogens with two attached hydrogens (primary N) is 1. The minimum atomic E-state index is -0.850. The summed E-state index contributed by atoms with van der Waals surface area (Å²) in [6, 6.07) is 4.95. The summed E-state index contributed by atoms with van der Waals surface area (Å²) in [5.41, 5.74) is 6.79. The van der Waals surface area contributed by atoms with Crippen molar-refractivity contribution in [3.05, 3.63) is 29.3 Å². The molecule has 1 aliphatic rings. The maximum absolute atomic E-state index is 12.2. The van der Waals surface area contributed by atoms with Crippen molar-refractivity contribution >= 4 is 23.5 Å². The van der Waals surface area contributed by atoms with Crippen LogP contribution in [0.2, 0.25) is 0 Å². The van der Waals surface area contributed by atoms with E-state index in [2.05, 4.69) is 5.32 Å². The second-order valence-corrected chi connectivity index (χ2v) is 5.38. The van der Waals surface area contributed by atoms with Gasteiger partial charge in [0.25, 0.3) is 0 Å². The maximum Gasteiger partial charge on any atom is 0.306 e. The van der Waals surface area contributed by atoms with E-state index in [1.54, 1.807) is 25.1 Å². The molecule has 0 unspecified atom stereocenters. The standard InChI is InChI=1S/C15H18N2O4/c1-8-11(13(16)18)3-2-4-12(8)17-14(19)9-5-6-10(7-9)15(20)21/h2-4,9-10H,5-7H2,1H3,(H2,16,18)(H,17,19)(H,20,21)/t9-,10+/m1/s1. The SMILES string of the molecule is Cc1c(NC(=O)[C@@H]2CC[C@H](C(=O)O)C2)cccc1C(N)=O. The van der Waals surface area contributed by atoms with Gasteiger partial charge in [-0.15, -0.1) is 0 Å². The van der Waals surface area contributed by atoms with Crippen molar-refractivity contribution in [2.75, 3.05) is 5.32 Å². The fourth-order valence-electron chi connectivity index (χ4n) is 2.72. The summed E-state index contributed by atoms with van der Waals surface area (Å²) in [7, 11) is 0. The number of benzene rings is 1. The molecule has 0 spiro atoms. The van der Waals surface area contributed by atoms with E-state index in [0.29, 0.717) is 36.1 Å². The molecule has 1 aliphatic carbocycles. The van der Waals surface area contributed by atoms with E-state index in [1.807, 2.05) is 0 Å². The first-order valence-electron chi connectivity index (χ1n) is 6.83. The fraction of sp³-hybridized carbons (Fsp3) is 0.400. The topological polar surface area (TPSA) is 109 Å². The minimum absolute atomic E-state index is 0.205. The van der Waals surface area contributed by atoms with Crippen molar-refractivity contribution in [3.8, 4) is 0 Å². The van der Waals surface area contributed by atoms with Gasteiger partial charge in [0.05, 0.1) is 5.92 Å². The zero-order valence-electron chi connectivity index (χ0n) is 11.8. The average molecular weight is 290 g/mol. The van der Waals surface area contributed by atoms with Crippen molar-refractivity contribution in [3.63, 3.8) is 0 Å². The van der Waals surface area contributed by atoms with E-state index in [4.69, 9.17) is 10.8 Å². The van der Waals surface area contributed by atoms with E-state index in [9.17, 15) is 14.4 Å². The van der Waals surface area contributed by atoms with E-state index in [1.165, 1.54) is 0 Å². The van der Waals surface area contributed by atoms with Gasteiger partial charge < -0.3 is 16.2 Å². The first kappa shape index (κ1) is 15.0. The lowest BCUT2D eigenvalue weighted by molar-refractivity contribution is -0.141. The lowest BCUT2D eigenvalue weighted by Crippen LogP contribution is -2.23. The van der Waals surface area contributed by atoms with Crippen LogP contribution in [0, 0.1) is 18.8 Å². The Morgan fingerprint density at radius 2 is 1.90 bits per heavy atom. The smallest absolute Gasteiger partial charge is 0.306 e. The Kier molecular flexibility index (Phi) is 4.26. The third-order valence-corrected chi connectivity index (χ3v) is 4.01.